The van der Waals surface area contributed by atoms with Crippen LogP contribution in [-0.4, -0.2) is 60.9 Å². The number of rotatable bonds is 2. The Balaban J connectivity index is 1.70. The molecule has 0 aliphatic carbocycles. The predicted molar refractivity (Wildman–Crippen MR) is 80.1 cm³/mol. The van der Waals surface area contributed by atoms with Crippen LogP contribution in [-0.2, 0) is 11.2 Å². The van der Waals surface area contributed by atoms with Crippen LogP contribution in [0.5, 0.6) is 0 Å². The largest absolute Gasteiger partial charge is 0.339 e. The SMILES string of the molecule is O=C(CN1CCCc2ccccc2C1=O)N1CCNCC1. The number of fused-ring (bicyclic) bond motifs is 1. The average Bonchev–Trinajstić information content (AvgIpc) is 2.69. The van der Waals surface area contributed by atoms with E-state index in [1.54, 1.807) is 4.90 Å². The van der Waals surface area contributed by atoms with E-state index in [0.717, 1.165) is 50.1 Å². The van der Waals surface area contributed by atoms with Crippen molar-refractivity contribution in [2.45, 2.75) is 12.8 Å². The third-order valence-electron chi connectivity index (χ3n) is 4.20. The molecule has 0 radical (unpaired) electrons. The van der Waals surface area contributed by atoms with Crippen LogP contribution in [0.15, 0.2) is 24.3 Å². The van der Waals surface area contributed by atoms with Gasteiger partial charge >= 0.3 is 0 Å². The first-order valence-electron chi connectivity index (χ1n) is 7.61. The molecule has 2 heterocycles. The summed E-state index contributed by atoms with van der Waals surface area (Å²) in [6, 6.07) is 7.73. The Hall–Kier alpha value is -1.88. The molecule has 2 amide bonds. The first kappa shape index (κ1) is 14.1. The molecule has 2 aliphatic heterocycles. The van der Waals surface area contributed by atoms with Gasteiger partial charge in [0.15, 0.2) is 0 Å². The summed E-state index contributed by atoms with van der Waals surface area (Å²) < 4.78 is 0. The van der Waals surface area contributed by atoms with Gasteiger partial charge in [0.2, 0.25) is 5.91 Å². The van der Waals surface area contributed by atoms with Crippen LogP contribution >= 0.6 is 0 Å². The van der Waals surface area contributed by atoms with Gasteiger partial charge in [-0.2, -0.15) is 0 Å². The van der Waals surface area contributed by atoms with Crippen molar-refractivity contribution in [1.29, 1.82) is 0 Å². The molecule has 1 saturated heterocycles. The summed E-state index contributed by atoms with van der Waals surface area (Å²) in [5.41, 5.74) is 1.85. The molecule has 2 aliphatic rings. The van der Waals surface area contributed by atoms with E-state index in [1.165, 1.54) is 0 Å². The van der Waals surface area contributed by atoms with Crippen LogP contribution in [0.25, 0.3) is 0 Å². The first-order valence-corrected chi connectivity index (χ1v) is 7.61. The predicted octanol–water partition coefficient (Wildman–Crippen LogP) is 0.507. The molecule has 5 nitrogen and oxygen atoms in total. The molecule has 1 aromatic rings. The minimum atomic E-state index is -0.00779. The third kappa shape index (κ3) is 3.08. The average molecular weight is 287 g/mol. The van der Waals surface area contributed by atoms with Gasteiger partial charge in [0.25, 0.3) is 5.91 Å². The van der Waals surface area contributed by atoms with Crippen molar-refractivity contribution in [3.8, 4) is 0 Å². The van der Waals surface area contributed by atoms with E-state index in [4.69, 9.17) is 0 Å². The smallest absolute Gasteiger partial charge is 0.254 e. The molecule has 0 aromatic heterocycles. The molecule has 21 heavy (non-hydrogen) atoms. The van der Waals surface area contributed by atoms with E-state index in [-0.39, 0.29) is 18.4 Å². The highest BCUT2D eigenvalue weighted by atomic mass is 16.2. The Bertz CT molecular complexity index is 538. The van der Waals surface area contributed by atoms with Crippen LogP contribution in [0.4, 0.5) is 0 Å². The van der Waals surface area contributed by atoms with Crippen LogP contribution in [0.1, 0.15) is 22.3 Å². The Labute approximate surface area is 124 Å². The Kier molecular flexibility index (Phi) is 4.20. The lowest BCUT2D eigenvalue weighted by Gasteiger charge is -2.30. The van der Waals surface area contributed by atoms with Crippen molar-refractivity contribution in [3.05, 3.63) is 35.4 Å². The maximum atomic E-state index is 12.6. The molecule has 0 spiro atoms. The minimum absolute atomic E-state index is 0.00779. The molecule has 5 heteroatoms. The van der Waals surface area contributed by atoms with Gasteiger partial charge in [-0.25, -0.2) is 0 Å². The molecule has 0 bridgehead atoms. The maximum Gasteiger partial charge on any atom is 0.254 e. The molecule has 0 atom stereocenters. The molecular weight excluding hydrogens is 266 g/mol. The van der Waals surface area contributed by atoms with E-state index in [0.29, 0.717) is 6.54 Å². The number of hydrogen-bond acceptors (Lipinski definition) is 3. The number of amides is 2. The topological polar surface area (TPSA) is 52.7 Å². The fraction of sp³-hybridized carbons (Fsp3) is 0.500. The molecule has 1 fully saturated rings. The second-order valence-electron chi connectivity index (χ2n) is 5.62. The van der Waals surface area contributed by atoms with Gasteiger partial charge in [-0.3, -0.25) is 9.59 Å². The number of benzene rings is 1. The van der Waals surface area contributed by atoms with Gasteiger partial charge in [0, 0.05) is 38.3 Å². The number of nitrogens with zero attached hydrogens (tertiary/aromatic N) is 2. The number of hydrogen-bond donors (Lipinski definition) is 1. The van der Waals surface area contributed by atoms with E-state index < -0.39 is 0 Å². The highest BCUT2D eigenvalue weighted by molar-refractivity contribution is 5.98. The van der Waals surface area contributed by atoms with Gasteiger partial charge in [-0.15, -0.1) is 0 Å². The number of carbonyl (C=O) groups is 2. The zero-order chi connectivity index (χ0) is 14.7. The molecule has 0 unspecified atom stereocenters. The van der Waals surface area contributed by atoms with Gasteiger partial charge < -0.3 is 15.1 Å². The van der Waals surface area contributed by atoms with E-state index >= 15 is 0 Å². The summed E-state index contributed by atoms with van der Waals surface area (Å²) in [4.78, 5) is 28.5. The zero-order valence-electron chi connectivity index (χ0n) is 12.2. The molecule has 1 aromatic carbocycles. The Morgan fingerprint density at radius 2 is 1.90 bits per heavy atom. The molecule has 1 N–H and O–H groups in total. The lowest BCUT2D eigenvalue weighted by Crippen LogP contribution is -2.50. The van der Waals surface area contributed by atoms with Crippen LogP contribution in [0.3, 0.4) is 0 Å². The molecular formula is C16H21N3O2. The summed E-state index contributed by atoms with van der Waals surface area (Å²) in [7, 11) is 0. The van der Waals surface area contributed by atoms with Crippen LogP contribution in [0, 0.1) is 0 Å². The quantitative estimate of drug-likeness (QED) is 0.862. The third-order valence-corrected chi connectivity index (χ3v) is 4.20. The van der Waals surface area contributed by atoms with Crippen molar-refractivity contribution in [1.82, 2.24) is 15.1 Å². The van der Waals surface area contributed by atoms with Crippen molar-refractivity contribution in [2.24, 2.45) is 0 Å². The van der Waals surface area contributed by atoms with E-state index in [2.05, 4.69) is 5.32 Å². The Morgan fingerprint density at radius 1 is 1.14 bits per heavy atom. The summed E-state index contributed by atoms with van der Waals surface area (Å²) in [5, 5.41) is 3.23. The lowest BCUT2D eigenvalue weighted by atomic mass is 10.0. The van der Waals surface area contributed by atoms with Crippen LogP contribution in [0.2, 0.25) is 0 Å². The second-order valence-corrected chi connectivity index (χ2v) is 5.62. The van der Waals surface area contributed by atoms with Crippen molar-refractivity contribution < 1.29 is 9.59 Å². The summed E-state index contributed by atoms with van der Waals surface area (Å²) in [6.07, 6.45) is 1.82. The number of nitrogens with one attached hydrogen (secondary N) is 1. The second kappa shape index (κ2) is 6.26. The van der Waals surface area contributed by atoms with Gasteiger partial charge in [-0.05, 0) is 24.5 Å². The van der Waals surface area contributed by atoms with Crippen molar-refractivity contribution in [3.63, 3.8) is 0 Å². The zero-order valence-corrected chi connectivity index (χ0v) is 12.2. The Morgan fingerprint density at radius 3 is 2.71 bits per heavy atom. The number of carbonyl (C=O) groups excluding carboxylic acids is 2. The fourth-order valence-corrected chi connectivity index (χ4v) is 3.01. The van der Waals surface area contributed by atoms with Gasteiger partial charge in [0.05, 0.1) is 0 Å². The van der Waals surface area contributed by atoms with Gasteiger partial charge in [0.1, 0.15) is 6.54 Å². The monoisotopic (exact) mass is 287 g/mol. The van der Waals surface area contributed by atoms with Crippen LogP contribution < -0.4 is 5.32 Å². The van der Waals surface area contributed by atoms with Crippen molar-refractivity contribution in [2.75, 3.05) is 39.3 Å². The maximum absolute atomic E-state index is 12.6. The van der Waals surface area contributed by atoms with Gasteiger partial charge in [-0.1, -0.05) is 18.2 Å². The fourth-order valence-electron chi connectivity index (χ4n) is 3.01. The minimum Gasteiger partial charge on any atom is -0.339 e. The van der Waals surface area contributed by atoms with E-state index in [1.807, 2.05) is 29.2 Å². The summed E-state index contributed by atoms with van der Waals surface area (Å²) in [5.74, 6) is 0.0517. The lowest BCUT2D eigenvalue weighted by molar-refractivity contribution is -0.132. The summed E-state index contributed by atoms with van der Waals surface area (Å²) in [6.45, 7) is 4.00. The van der Waals surface area contributed by atoms with E-state index in [9.17, 15) is 9.59 Å². The highest BCUT2D eigenvalue weighted by Crippen LogP contribution is 2.18. The standard InChI is InChI=1S/C16H21N3O2/c20-15(18-10-7-17-8-11-18)12-19-9-3-5-13-4-1-2-6-14(13)16(19)21/h1-2,4,6,17H,3,5,7-12H2. The molecule has 112 valence electrons. The number of aryl methyl sites for hydroxylation is 1. The van der Waals surface area contributed by atoms with Crippen molar-refractivity contribution >= 4 is 11.8 Å². The number of piperazine rings is 1. The normalized spacial score (nSPS) is 19.1. The highest BCUT2D eigenvalue weighted by Gasteiger charge is 2.26. The first-order chi connectivity index (χ1) is 10.3. The molecule has 3 rings (SSSR count). The summed E-state index contributed by atoms with van der Waals surface area (Å²) >= 11 is 0. The molecule has 0 saturated carbocycles.